The minimum atomic E-state index is -5.00. The number of hydrogen-bond acceptors (Lipinski definition) is 6. The van der Waals surface area contributed by atoms with Gasteiger partial charge in [-0.15, -0.1) is 13.2 Å². The van der Waals surface area contributed by atoms with E-state index in [1.54, 1.807) is 0 Å². The molecule has 0 radical (unpaired) electrons. The Kier molecular flexibility index (Phi) is 7.46. The highest BCUT2D eigenvalue weighted by Crippen LogP contribution is 2.43. The third-order valence-corrected chi connectivity index (χ3v) is 7.41. The third-order valence-electron chi connectivity index (χ3n) is 7.41. The molecule has 6 atom stereocenters. The largest absolute Gasteiger partial charge is 0.522 e. The molecule has 4 aliphatic rings. The second kappa shape index (κ2) is 10.2. The van der Waals surface area contributed by atoms with Gasteiger partial charge in [-0.25, -0.2) is 0 Å². The van der Waals surface area contributed by atoms with E-state index >= 15 is 0 Å². The van der Waals surface area contributed by atoms with Crippen LogP contribution in [0.4, 0.5) is 13.2 Å². The number of amides is 3. The van der Waals surface area contributed by atoms with E-state index in [1.165, 1.54) is 4.90 Å². The topological polar surface area (TPSA) is 114 Å². The van der Waals surface area contributed by atoms with Gasteiger partial charge in [0.05, 0.1) is 6.04 Å². The van der Waals surface area contributed by atoms with Crippen molar-refractivity contribution in [3.8, 4) is 0 Å². The van der Waals surface area contributed by atoms with Crippen LogP contribution in [0.3, 0.4) is 0 Å². The molecule has 3 aliphatic heterocycles. The first-order chi connectivity index (χ1) is 16.1. The zero-order chi connectivity index (χ0) is 24.5. The number of alkyl halides is 3. The second-order valence-corrected chi connectivity index (χ2v) is 9.57. The first-order valence-electron chi connectivity index (χ1n) is 11.9. The number of Topliss-reactive ketones (excluding diaryl/α,β-unsaturated/α-hetero) is 1. The molecule has 3 amide bonds. The summed E-state index contributed by atoms with van der Waals surface area (Å²) in [5.74, 6) is -2.65. The maximum absolute atomic E-state index is 13.4. The van der Waals surface area contributed by atoms with Crippen molar-refractivity contribution in [2.24, 2.45) is 17.8 Å². The van der Waals surface area contributed by atoms with Gasteiger partial charge in [0.2, 0.25) is 11.8 Å². The number of likely N-dealkylation sites (tertiary alicyclic amines) is 1. The summed E-state index contributed by atoms with van der Waals surface area (Å²) in [6.45, 7) is 0.0288. The Labute approximate surface area is 195 Å². The molecule has 34 heavy (non-hydrogen) atoms. The van der Waals surface area contributed by atoms with Crippen LogP contribution in [0.25, 0.3) is 0 Å². The summed E-state index contributed by atoms with van der Waals surface area (Å²) in [7, 11) is 0. The monoisotopic (exact) mass is 489 g/mol. The van der Waals surface area contributed by atoms with Crippen molar-refractivity contribution in [3.05, 3.63) is 0 Å². The number of fused-ring (bicyclic) bond motifs is 1. The number of carbonyl (C=O) groups is 4. The number of carbonyl (C=O) groups excluding carboxylic acids is 4. The fraction of sp³-hybridized carbons (Fsp3) is 0.818. The third kappa shape index (κ3) is 5.54. The van der Waals surface area contributed by atoms with Gasteiger partial charge >= 0.3 is 6.36 Å². The summed E-state index contributed by atoms with van der Waals surface area (Å²) in [5.41, 5.74) is 0. The number of ketones is 1. The van der Waals surface area contributed by atoms with Crippen LogP contribution in [0.15, 0.2) is 0 Å². The highest BCUT2D eigenvalue weighted by atomic mass is 19.4. The van der Waals surface area contributed by atoms with Crippen molar-refractivity contribution < 1.29 is 41.8 Å². The zero-order valence-corrected chi connectivity index (χ0v) is 18.8. The van der Waals surface area contributed by atoms with E-state index in [9.17, 15) is 32.3 Å². The van der Waals surface area contributed by atoms with E-state index in [0.29, 0.717) is 32.5 Å². The molecule has 190 valence electrons. The quantitative estimate of drug-likeness (QED) is 0.524. The Morgan fingerprint density at radius 1 is 1.18 bits per heavy atom. The maximum Gasteiger partial charge on any atom is 0.522 e. The molecular weight excluding hydrogens is 459 g/mol. The van der Waals surface area contributed by atoms with Crippen molar-refractivity contribution in [1.29, 1.82) is 0 Å². The van der Waals surface area contributed by atoms with Crippen LogP contribution in [-0.2, 0) is 28.7 Å². The minimum absolute atomic E-state index is 0.0812. The lowest BCUT2D eigenvalue weighted by molar-refractivity contribution is -0.321. The summed E-state index contributed by atoms with van der Waals surface area (Å²) in [6.07, 6.45) is -1.43. The molecule has 0 aromatic rings. The highest BCUT2D eigenvalue weighted by molar-refractivity contribution is 5.95. The average Bonchev–Trinajstić information content (AvgIpc) is 3.55. The number of nitrogens with zero attached hydrogens (tertiary/aromatic N) is 1. The summed E-state index contributed by atoms with van der Waals surface area (Å²) in [4.78, 5) is 52.7. The van der Waals surface area contributed by atoms with Crippen LogP contribution in [0.5, 0.6) is 0 Å². The van der Waals surface area contributed by atoms with Crippen molar-refractivity contribution >= 4 is 23.5 Å². The smallest absolute Gasteiger partial charge is 0.368 e. The van der Waals surface area contributed by atoms with E-state index in [0.717, 1.165) is 25.7 Å². The van der Waals surface area contributed by atoms with Crippen LogP contribution in [-0.4, -0.2) is 79.3 Å². The Morgan fingerprint density at radius 3 is 2.62 bits per heavy atom. The average molecular weight is 489 g/mol. The lowest BCUT2D eigenvalue weighted by atomic mass is 9.92. The van der Waals surface area contributed by atoms with Crippen LogP contribution >= 0.6 is 0 Å². The Morgan fingerprint density at radius 2 is 1.97 bits per heavy atom. The number of ether oxygens (including phenoxy) is 2. The minimum Gasteiger partial charge on any atom is -0.368 e. The maximum atomic E-state index is 13.4. The van der Waals surface area contributed by atoms with Crippen LogP contribution < -0.4 is 10.6 Å². The molecule has 1 aliphatic carbocycles. The fourth-order valence-corrected chi connectivity index (χ4v) is 5.76. The molecule has 0 spiro atoms. The molecular formula is C22H30F3N3O6. The van der Waals surface area contributed by atoms with E-state index in [-0.39, 0.29) is 30.1 Å². The summed E-state index contributed by atoms with van der Waals surface area (Å²) in [5, 5.41) is 5.20. The molecule has 9 nitrogen and oxygen atoms in total. The Bertz CT molecular complexity index is 816. The van der Waals surface area contributed by atoms with Gasteiger partial charge < -0.3 is 20.3 Å². The molecule has 4 rings (SSSR count). The van der Waals surface area contributed by atoms with Gasteiger partial charge in [0.25, 0.3) is 5.91 Å². The molecule has 3 saturated heterocycles. The first kappa shape index (κ1) is 24.9. The Balaban J connectivity index is 1.49. The van der Waals surface area contributed by atoms with Crippen molar-refractivity contribution in [3.63, 3.8) is 0 Å². The molecule has 4 fully saturated rings. The van der Waals surface area contributed by atoms with E-state index in [1.807, 2.05) is 0 Å². The molecule has 0 aromatic carbocycles. The van der Waals surface area contributed by atoms with Crippen molar-refractivity contribution in [2.75, 3.05) is 26.3 Å². The SMILES string of the molecule is O=C1NCCC1CC(NC(=O)[C@@H]1C2CCCC2CN1C(=O)C1CCCO1)C(=O)COC(F)(F)F. The molecule has 0 bridgehead atoms. The molecule has 1 saturated carbocycles. The fourth-order valence-electron chi connectivity index (χ4n) is 5.76. The standard InChI is InChI=1S/C22H30F3N3O6/c23-22(24,25)34-11-16(29)15(9-12-6-7-26-19(12)30)27-20(31)18-14-4-1-3-13(14)10-28(18)21(32)17-5-2-8-33-17/h12-15,17-18H,1-11H2,(H,26,30)(H,27,31)/t12?,13?,14?,15?,17?,18-/m0/s1. The van der Waals surface area contributed by atoms with Crippen LogP contribution in [0, 0.1) is 17.8 Å². The van der Waals surface area contributed by atoms with Gasteiger partial charge in [-0.1, -0.05) is 6.42 Å². The van der Waals surface area contributed by atoms with Gasteiger partial charge in [0, 0.05) is 25.6 Å². The summed E-state index contributed by atoms with van der Waals surface area (Å²) < 4.78 is 46.7. The van der Waals surface area contributed by atoms with Gasteiger partial charge in [-0.2, -0.15) is 0 Å². The Hall–Kier alpha value is -2.21. The number of rotatable bonds is 8. The highest BCUT2D eigenvalue weighted by Gasteiger charge is 2.51. The predicted molar refractivity (Wildman–Crippen MR) is 110 cm³/mol. The van der Waals surface area contributed by atoms with Crippen molar-refractivity contribution in [1.82, 2.24) is 15.5 Å². The lowest BCUT2D eigenvalue weighted by Gasteiger charge is -2.30. The van der Waals surface area contributed by atoms with E-state index in [2.05, 4.69) is 15.4 Å². The molecule has 2 N–H and O–H groups in total. The van der Waals surface area contributed by atoms with E-state index < -0.39 is 48.8 Å². The van der Waals surface area contributed by atoms with Crippen LogP contribution in [0.1, 0.15) is 44.9 Å². The lowest BCUT2D eigenvalue weighted by Crippen LogP contribution is -2.55. The molecule has 0 aromatic heterocycles. The molecule has 12 heteroatoms. The number of hydrogen-bond donors (Lipinski definition) is 2. The normalized spacial score (nSPS) is 31.9. The van der Waals surface area contributed by atoms with E-state index in [4.69, 9.17) is 4.74 Å². The summed E-state index contributed by atoms with van der Waals surface area (Å²) in [6, 6.07) is -2.15. The van der Waals surface area contributed by atoms with Crippen molar-refractivity contribution in [2.45, 2.75) is 69.5 Å². The second-order valence-electron chi connectivity index (χ2n) is 9.57. The zero-order valence-electron chi connectivity index (χ0n) is 18.8. The van der Waals surface area contributed by atoms with Gasteiger partial charge in [-0.05, 0) is 50.4 Å². The van der Waals surface area contributed by atoms with Gasteiger partial charge in [0.1, 0.15) is 18.8 Å². The number of halogens is 3. The van der Waals surface area contributed by atoms with Gasteiger partial charge in [-0.3, -0.25) is 23.9 Å². The summed E-state index contributed by atoms with van der Waals surface area (Å²) >= 11 is 0. The first-order valence-corrected chi connectivity index (χ1v) is 11.9. The molecule has 5 unspecified atom stereocenters. The van der Waals surface area contributed by atoms with Crippen LogP contribution in [0.2, 0.25) is 0 Å². The molecule has 3 heterocycles. The number of nitrogens with one attached hydrogen (secondary N) is 2. The predicted octanol–water partition coefficient (Wildman–Crippen LogP) is 0.909. The van der Waals surface area contributed by atoms with Gasteiger partial charge in [0.15, 0.2) is 5.78 Å².